The highest BCUT2D eigenvalue weighted by Gasteiger charge is 2.29. The minimum absolute atomic E-state index is 0.0929. The van der Waals surface area contributed by atoms with Crippen LogP contribution in [0.3, 0.4) is 0 Å². The highest BCUT2D eigenvalue weighted by atomic mass is 35.5. The van der Waals surface area contributed by atoms with Gasteiger partial charge >= 0.3 is 0 Å². The predicted molar refractivity (Wildman–Crippen MR) is 145 cm³/mol. The highest BCUT2D eigenvalue weighted by molar-refractivity contribution is 7.92. The number of sulfonamides is 1. The molecule has 184 valence electrons. The van der Waals surface area contributed by atoms with Gasteiger partial charge in [0, 0.05) is 5.02 Å². The lowest BCUT2D eigenvalue weighted by Gasteiger charge is -2.27. The maximum Gasteiger partial charge on any atom is 0.264 e. The van der Waals surface area contributed by atoms with Gasteiger partial charge in [0.25, 0.3) is 10.0 Å². The molecule has 0 radical (unpaired) electrons. The Labute approximate surface area is 217 Å². The summed E-state index contributed by atoms with van der Waals surface area (Å²) in [7, 11) is -4.05. The first kappa shape index (κ1) is 25.5. The van der Waals surface area contributed by atoms with E-state index >= 15 is 0 Å². The molecule has 0 fully saturated rings. The number of nitrogens with zero attached hydrogens (tertiary/aromatic N) is 1. The third kappa shape index (κ3) is 5.78. The van der Waals surface area contributed by atoms with Crippen LogP contribution >= 0.6 is 11.6 Å². The Kier molecular flexibility index (Phi) is 7.77. The van der Waals surface area contributed by atoms with Gasteiger partial charge in [-0.3, -0.25) is 9.10 Å². The summed E-state index contributed by atoms with van der Waals surface area (Å²) in [5, 5.41) is 3.43. The van der Waals surface area contributed by atoms with Crippen LogP contribution in [0.5, 0.6) is 0 Å². The lowest BCUT2D eigenvalue weighted by Crippen LogP contribution is -2.42. The van der Waals surface area contributed by atoms with Gasteiger partial charge in [-0.25, -0.2) is 8.42 Å². The first-order valence-corrected chi connectivity index (χ1v) is 13.3. The summed E-state index contributed by atoms with van der Waals surface area (Å²) in [6.45, 7) is 3.38. The highest BCUT2D eigenvalue weighted by Crippen LogP contribution is 2.30. The van der Waals surface area contributed by atoms with Gasteiger partial charge in [-0.1, -0.05) is 96.0 Å². The zero-order valence-corrected chi connectivity index (χ0v) is 21.6. The molecule has 36 heavy (non-hydrogen) atoms. The lowest BCUT2D eigenvalue weighted by molar-refractivity contribution is -0.120. The molecular weight excluding hydrogens is 492 g/mol. The Morgan fingerprint density at radius 3 is 2.06 bits per heavy atom. The van der Waals surface area contributed by atoms with Crippen molar-refractivity contribution >= 4 is 33.2 Å². The second-order valence-electron chi connectivity index (χ2n) is 8.58. The number of rotatable bonds is 8. The van der Waals surface area contributed by atoms with Crippen LogP contribution in [0.1, 0.15) is 28.3 Å². The molecular formula is C29H27ClN2O3S. The summed E-state index contributed by atoms with van der Waals surface area (Å²) in [5.74, 6) is -0.441. The second-order valence-corrected chi connectivity index (χ2v) is 10.9. The van der Waals surface area contributed by atoms with Gasteiger partial charge in [-0.2, -0.15) is 0 Å². The average Bonchev–Trinajstić information content (AvgIpc) is 2.89. The number of hydrogen-bond donors (Lipinski definition) is 1. The van der Waals surface area contributed by atoms with E-state index in [4.69, 9.17) is 11.6 Å². The molecule has 0 spiro atoms. The molecule has 5 nitrogen and oxygen atoms in total. The van der Waals surface area contributed by atoms with E-state index in [1.54, 1.807) is 43.3 Å². The number of anilines is 1. The second kappa shape index (κ2) is 11.0. The molecule has 0 aliphatic rings. The zero-order chi connectivity index (χ0) is 25.7. The monoisotopic (exact) mass is 518 g/mol. The minimum Gasteiger partial charge on any atom is -0.344 e. The molecule has 0 aromatic heterocycles. The number of carbonyl (C=O) groups excluding carboxylic acids is 1. The molecule has 0 aliphatic carbocycles. The lowest BCUT2D eigenvalue weighted by atomic mass is 9.98. The average molecular weight is 519 g/mol. The largest absolute Gasteiger partial charge is 0.344 e. The predicted octanol–water partition coefficient (Wildman–Crippen LogP) is 6.06. The summed E-state index contributed by atoms with van der Waals surface area (Å²) >= 11 is 6.23. The van der Waals surface area contributed by atoms with Gasteiger partial charge in [0.15, 0.2) is 0 Å². The summed E-state index contributed by atoms with van der Waals surface area (Å²) in [6, 6.07) is 30.1. The van der Waals surface area contributed by atoms with Crippen LogP contribution in [0, 0.1) is 13.8 Å². The molecule has 0 bridgehead atoms. The van der Waals surface area contributed by atoms with Crippen molar-refractivity contribution in [2.45, 2.75) is 24.8 Å². The smallest absolute Gasteiger partial charge is 0.264 e. The van der Waals surface area contributed by atoms with Crippen LogP contribution < -0.4 is 9.62 Å². The molecule has 7 heteroatoms. The van der Waals surface area contributed by atoms with Crippen molar-refractivity contribution in [1.29, 1.82) is 0 Å². The Morgan fingerprint density at radius 1 is 0.833 bits per heavy atom. The Bertz CT molecular complexity index is 1440. The maximum atomic E-state index is 13.7. The Morgan fingerprint density at radius 2 is 1.42 bits per heavy atom. The third-order valence-corrected chi connectivity index (χ3v) is 7.92. The Hall–Kier alpha value is -3.61. The maximum absolute atomic E-state index is 13.7. The van der Waals surface area contributed by atoms with E-state index in [0.29, 0.717) is 16.3 Å². The van der Waals surface area contributed by atoms with Gasteiger partial charge < -0.3 is 5.32 Å². The van der Waals surface area contributed by atoms with E-state index in [-0.39, 0.29) is 4.90 Å². The molecule has 0 unspecified atom stereocenters. The summed E-state index contributed by atoms with van der Waals surface area (Å²) in [4.78, 5) is 13.6. The van der Waals surface area contributed by atoms with Crippen LogP contribution in [0.2, 0.25) is 5.02 Å². The third-order valence-electron chi connectivity index (χ3n) is 5.91. The van der Waals surface area contributed by atoms with Crippen LogP contribution in [-0.2, 0) is 14.8 Å². The van der Waals surface area contributed by atoms with Gasteiger partial charge in [-0.15, -0.1) is 0 Å². The zero-order valence-electron chi connectivity index (χ0n) is 20.1. The van der Waals surface area contributed by atoms with E-state index in [0.717, 1.165) is 21.0 Å². The van der Waals surface area contributed by atoms with Crippen molar-refractivity contribution < 1.29 is 13.2 Å². The first-order valence-electron chi connectivity index (χ1n) is 11.5. The summed E-state index contributed by atoms with van der Waals surface area (Å²) in [6.07, 6.45) is 0. The fourth-order valence-electron chi connectivity index (χ4n) is 3.97. The van der Waals surface area contributed by atoms with Crippen LogP contribution in [0.15, 0.2) is 108 Å². The number of carbonyl (C=O) groups is 1. The molecule has 0 saturated heterocycles. The van der Waals surface area contributed by atoms with Crippen molar-refractivity contribution in [2.75, 3.05) is 10.8 Å². The topological polar surface area (TPSA) is 66.5 Å². The molecule has 0 aliphatic heterocycles. The fourth-order valence-corrected chi connectivity index (χ4v) is 5.64. The van der Waals surface area contributed by atoms with Crippen molar-refractivity contribution in [3.8, 4) is 0 Å². The van der Waals surface area contributed by atoms with Gasteiger partial charge in [0.1, 0.15) is 6.54 Å². The van der Waals surface area contributed by atoms with Gasteiger partial charge in [0.2, 0.25) is 5.91 Å². The fraction of sp³-hybridized carbons (Fsp3) is 0.138. The number of hydrogen-bond acceptors (Lipinski definition) is 3. The van der Waals surface area contributed by atoms with E-state index in [2.05, 4.69) is 5.32 Å². The molecule has 1 amide bonds. The van der Waals surface area contributed by atoms with Crippen LogP contribution in [0.4, 0.5) is 5.69 Å². The molecule has 0 saturated carbocycles. The first-order chi connectivity index (χ1) is 17.3. The molecule has 1 N–H and O–H groups in total. The van der Waals surface area contributed by atoms with Crippen molar-refractivity contribution in [3.05, 3.63) is 130 Å². The van der Waals surface area contributed by atoms with Crippen LogP contribution in [0.25, 0.3) is 0 Å². The number of benzene rings is 4. The van der Waals surface area contributed by atoms with Gasteiger partial charge in [0.05, 0.1) is 16.6 Å². The quantitative estimate of drug-likeness (QED) is 0.308. The van der Waals surface area contributed by atoms with Crippen LogP contribution in [-0.4, -0.2) is 20.9 Å². The molecule has 4 aromatic rings. The SMILES string of the molecule is Cc1ccc([C@H](NC(=O)CN(c2cc(Cl)ccc2C)S(=O)(=O)c2ccccc2)c2ccccc2)cc1. The molecule has 4 aromatic carbocycles. The normalized spacial score (nSPS) is 12.1. The number of amides is 1. The van der Waals surface area contributed by atoms with E-state index in [1.165, 1.54) is 12.1 Å². The standard InChI is InChI=1S/C29H27ClN2O3S/c1-21-13-16-24(17-14-21)29(23-9-5-3-6-10-23)31-28(33)20-32(27-19-25(30)18-15-22(27)2)36(34,35)26-11-7-4-8-12-26/h3-19,29H,20H2,1-2H3,(H,31,33)/t29-/m1/s1. The number of aryl methyl sites for hydroxylation is 2. The Balaban J connectivity index is 1.71. The van der Waals surface area contributed by atoms with E-state index in [1.807, 2.05) is 61.5 Å². The van der Waals surface area contributed by atoms with Crippen molar-refractivity contribution in [1.82, 2.24) is 5.32 Å². The number of halogens is 1. The van der Waals surface area contributed by atoms with Crippen molar-refractivity contribution in [3.63, 3.8) is 0 Å². The summed E-state index contributed by atoms with van der Waals surface area (Å²) in [5.41, 5.74) is 3.94. The summed E-state index contributed by atoms with van der Waals surface area (Å²) < 4.78 is 28.5. The van der Waals surface area contributed by atoms with E-state index < -0.39 is 28.5 Å². The molecule has 0 heterocycles. The van der Waals surface area contributed by atoms with E-state index in [9.17, 15) is 13.2 Å². The molecule has 1 atom stereocenters. The number of nitrogens with one attached hydrogen (secondary N) is 1. The minimum atomic E-state index is -4.05. The molecule has 4 rings (SSSR count). The van der Waals surface area contributed by atoms with Crippen molar-refractivity contribution in [2.24, 2.45) is 0 Å². The van der Waals surface area contributed by atoms with Gasteiger partial charge in [-0.05, 0) is 54.8 Å².